The molecule has 0 amide bonds. The molecule has 6 atom stereocenters. The molecule has 5 aliphatic rings. The highest BCUT2D eigenvalue weighted by Gasteiger charge is 2.83. The van der Waals surface area contributed by atoms with Gasteiger partial charge >= 0.3 is 0 Å². The van der Waals surface area contributed by atoms with Crippen LogP contribution in [0.15, 0.2) is 35.1 Å². The minimum absolute atomic E-state index is 0.0453. The molecule has 3 fully saturated rings. The third kappa shape index (κ3) is 2.96. The summed E-state index contributed by atoms with van der Waals surface area (Å²) in [4.78, 5) is 14.8. The van der Waals surface area contributed by atoms with Gasteiger partial charge < -0.3 is 14.6 Å². The molecular formula is C31H46O4. The molecule has 4 nitrogen and oxygen atoms in total. The third-order valence-electron chi connectivity index (χ3n) is 11.0. The zero-order chi connectivity index (χ0) is 25.6. The summed E-state index contributed by atoms with van der Waals surface area (Å²) in [5, 5.41) is 13.0. The van der Waals surface area contributed by atoms with E-state index in [1.807, 2.05) is 13.8 Å². The highest BCUT2D eigenvalue weighted by Crippen LogP contribution is 2.78. The van der Waals surface area contributed by atoms with Gasteiger partial charge in [-0.3, -0.25) is 4.79 Å². The number of hydrogen-bond acceptors (Lipinski definition) is 4. The molecule has 5 rings (SSSR count). The number of Topliss-reactive ketones (excluding diaryl/α,β-unsaturated/α-hetero) is 1. The van der Waals surface area contributed by atoms with Gasteiger partial charge in [0.25, 0.3) is 0 Å². The Labute approximate surface area is 212 Å². The highest BCUT2D eigenvalue weighted by molar-refractivity contribution is 6.03. The maximum Gasteiger partial charge on any atom is 0.233 e. The second-order valence-corrected chi connectivity index (χ2v) is 13.6. The number of rotatable bonds is 5. The lowest BCUT2D eigenvalue weighted by Gasteiger charge is -2.62. The molecule has 0 radical (unpaired) electrons. The number of allylic oxidation sites excluding steroid dienone is 4. The van der Waals surface area contributed by atoms with Crippen molar-refractivity contribution < 1.29 is 19.4 Å². The summed E-state index contributed by atoms with van der Waals surface area (Å²) in [6.45, 7) is 17.3. The van der Waals surface area contributed by atoms with Crippen molar-refractivity contribution in [2.75, 3.05) is 7.11 Å². The molecule has 2 bridgehead atoms. The zero-order valence-electron chi connectivity index (χ0n) is 23.1. The van der Waals surface area contributed by atoms with Gasteiger partial charge in [-0.1, -0.05) is 51.3 Å². The van der Waals surface area contributed by atoms with E-state index in [0.717, 1.165) is 56.9 Å². The molecule has 0 aromatic heterocycles. The number of carbonyl (C=O) groups is 1. The van der Waals surface area contributed by atoms with Crippen LogP contribution < -0.4 is 0 Å². The van der Waals surface area contributed by atoms with Crippen LogP contribution in [0, 0.1) is 34.0 Å². The van der Waals surface area contributed by atoms with Crippen LogP contribution in [-0.2, 0) is 14.3 Å². The minimum atomic E-state index is -1.60. The Kier molecular flexibility index (Phi) is 5.64. The molecule has 6 unspecified atom stereocenters. The molecule has 0 aromatic rings. The molecule has 194 valence electrons. The summed E-state index contributed by atoms with van der Waals surface area (Å²) in [5.41, 5.74) is 1.34. The fourth-order valence-corrected chi connectivity index (χ4v) is 9.69. The fourth-order valence-electron chi connectivity index (χ4n) is 9.69. The van der Waals surface area contributed by atoms with Gasteiger partial charge in [0, 0.05) is 11.0 Å². The Morgan fingerprint density at radius 3 is 2.63 bits per heavy atom. The number of ether oxygens (including phenoxy) is 2. The lowest BCUT2D eigenvalue weighted by molar-refractivity contribution is -0.309. The van der Waals surface area contributed by atoms with Crippen molar-refractivity contribution in [3.05, 3.63) is 35.1 Å². The first-order valence-corrected chi connectivity index (χ1v) is 13.9. The Balaban J connectivity index is 1.85. The standard InChI is InChI=1S/C31H46O4/c1-19(2)10-11-22-21(5)12-16-28-17-13-23-27(6,7)14-9-15-29(23)18-30(22,28)31(33,35-29)26(34-8)24(20(3)4)25(28)32/h12,20,22-23,33H,1,9-11,13-18H2,2-8H3. The summed E-state index contributed by atoms with van der Waals surface area (Å²) >= 11 is 0. The van der Waals surface area contributed by atoms with E-state index in [9.17, 15) is 9.90 Å². The van der Waals surface area contributed by atoms with Gasteiger partial charge in [-0.05, 0) is 88.4 Å². The first-order valence-electron chi connectivity index (χ1n) is 13.9. The lowest BCUT2D eigenvalue weighted by atomic mass is 9.41. The smallest absolute Gasteiger partial charge is 0.233 e. The van der Waals surface area contributed by atoms with Crippen molar-refractivity contribution in [3.8, 4) is 0 Å². The third-order valence-corrected chi connectivity index (χ3v) is 11.0. The van der Waals surface area contributed by atoms with E-state index in [-0.39, 0.29) is 23.0 Å². The number of hydrogen-bond donors (Lipinski definition) is 1. The largest absolute Gasteiger partial charge is 0.495 e. The lowest BCUT2D eigenvalue weighted by Crippen LogP contribution is -2.68. The van der Waals surface area contributed by atoms with E-state index in [1.165, 1.54) is 5.57 Å². The van der Waals surface area contributed by atoms with Gasteiger partial charge in [0.1, 0.15) is 0 Å². The topological polar surface area (TPSA) is 55.8 Å². The Morgan fingerprint density at radius 2 is 2.00 bits per heavy atom. The highest BCUT2D eigenvalue weighted by atomic mass is 16.7. The van der Waals surface area contributed by atoms with Gasteiger partial charge in [-0.15, -0.1) is 6.58 Å². The quantitative estimate of drug-likeness (QED) is 0.434. The van der Waals surface area contributed by atoms with Gasteiger partial charge in [0.05, 0.1) is 18.1 Å². The Bertz CT molecular complexity index is 1020. The maximum atomic E-state index is 14.8. The van der Waals surface area contributed by atoms with Crippen LogP contribution in [0.2, 0.25) is 0 Å². The molecule has 0 aromatic carbocycles. The first kappa shape index (κ1) is 25.3. The second kappa shape index (κ2) is 7.81. The molecule has 1 saturated heterocycles. The molecule has 1 heterocycles. The van der Waals surface area contributed by atoms with Gasteiger partial charge in [-0.2, -0.15) is 0 Å². The summed E-state index contributed by atoms with van der Waals surface area (Å²) in [7, 11) is 1.61. The van der Waals surface area contributed by atoms with Crippen LogP contribution in [-0.4, -0.2) is 29.4 Å². The van der Waals surface area contributed by atoms with Crippen molar-refractivity contribution in [3.63, 3.8) is 0 Å². The summed E-state index contributed by atoms with van der Waals surface area (Å²) < 4.78 is 13.2. The normalized spacial score (nSPS) is 43.9. The summed E-state index contributed by atoms with van der Waals surface area (Å²) in [6, 6.07) is 0. The number of aliphatic hydroxyl groups is 1. The molecule has 1 aliphatic heterocycles. The summed E-state index contributed by atoms with van der Waals surface area (Å²) in [5.74, 6) is -0.694. The fraction of sp³-hybridized carbons (Fsp3) is 0.774. The van der Waals surface area contributed by atoms with Crippen LogP contribution in [0.25, 0.3) is 0 Å². The summed E-state index contributed by atoms with van der Waals surface area (Å²) in [6.07, 6.45) is 10.5. The first-order chi connectivity index (χ1) is 16.3. The van der Waals surface area contributed by atoms with Gasteiger partial charge in [-0.25, -0.2) is 0 Å². The average Bonchev–Trinajstić information content (AvgIpc) is 2.92. The van der Waals surface area contributed by atoms with Crippen LogP contribution in [0.5, 0.6) is 0 Å². The predicted octanol–water partition coefficient (Wildman–Crippen LogP) is 6.89. The Morgan fingerprint density at radius 1 is 1.29 bits per heavy atom. The molecule has 35 heavy (non-hydrogen) atoms. The van der Waals surface area contributed by atoms with Crippen molar-refractivity contribution in [2.24, 2.45) is 34.0 Å². The second-order valence-electron chi connectivity index (χ2n) is 13.6. The molecule has 1 N–H and O–H groups in total. The van der Waals surface area contributed by atoms with E-state index in [1.54, 1.807) is 7.11 Å². The van der Waals surface area contributed by atoms with E-state index in [2.05, 4.69) is 40.3 Å². The van der Waals surface area contributed by atoms with Crippen LogP contribution in [0.4, 0.5) is 0 Å². The molecule has 2 saturated carbocycles. The molecule has 4 heteroatoms. The van der Waals surface area contributed by atoms with Crippen LogP contribution in [0.3, 0.4) is 0 Å². The SMILES string of the molecule is C=C(C)CCC1C(C)=CCC23CCC4C(C)(C)CCCC45CC12C(O)(O5)C(OC)=C(C(C)C)C3=O. The zero-order valence-corrected chi connectivity index (χ0v) is 23.1. The molecule has 4 aliphatic carbocycles. The molecular weight excluding hydrogens is 436 g/mol. The number of carbonyl (C=O) groups excluding carboxylic acids is 1. The van der Waals surface area contributed by atoms with E-state index in [0.29, 0.717) is 23.7 Å². The Hall–Kier alpha value is -1.39. The number of methoxy groups -OCH3 is 1. The van der Waals surface area contributed by atoms with Gasteiger partial charge in [0.15, 0.2) is 11.5 Å². The predicted molar refractivity (Wildman–Crippen MR) is 138 cm³/mol. The van der Waals surface area contributed by atoms with Crippen LogP contribution >= 0.6 is 0 Å². The maximum absolute atomic E-state index is 14.8. The minimum Gasteiger partial charge on any atom is -0.495 e. The van der Waals surface area contributed by atoms with Gasteiger partial charge in [0.2, 0.25) is 5.79 Å². The average molecular weight is 483 g/mol. The number of ketones is 1. The van der Waals surface area contributed by atoms with E-state index >= 15 is 0 Å². The van der Waals surface area contributed by atoms with Crippen molar-refractivity contribution in [1.29, 1.82) is 0 Å². The monoisotopic (exact) mass is 482 g/mol. The van der Waals surface area contributed by atoms with Crippen LogP contribution in [0.1, 0.15) is 99.3 Å². The van der Waals surface area contributed by atoms with E-state index < -0.39 is 22.2 Å². The molecule has 2 spiro atoms. The van der Waals surface area contributed by atoms with Crippen molar-refractivity contribution in [1.82, 2.24) is 0 Å². The van der Waals surface area contributed by atoms with E-state index in [4.69, 9.17) is 9.47 Å². The van der Waals surface area contributed by atoms with Crippen molar-refractivity contribution >= 4 is 5.78 Å². The van der Waals surface area contributed by atoms with Crippen molar-refractivity contribution in [2.45, 2.75) is 111 Å².